The van der Waals surface area contributed by atoms with Crippen LogP contribution in [-0.4, -0.2) is 19.2 Å². The maximum absolute atomic E-state index is 11.6. The van der Waals surface area contributed by atoms with Crippen LogP contribution < -0.4 is 4.74 Å². The van der Waals surface area contributed by atoms with E-state index in [2.05, 4.69) is 4.74 Å². The summed E-state index contributed by atoms with van der Waals surface area (Å²) >= 11 is 5.59. The Bertz CT molecular complexity index is 603. The Morgan fingerprint density at radius 3 is 2.24 bits per heavy atom. The number of benzene rings is 2. The molecule has 0 aliphatic heterocycles. The highest BCUT2D eigenvalue weighted by Crippen LogP contribution is 2.14. The summed E-state index contributed by atoms with van der Waals surface area (Å²) in [5, 5.41) is 0.507. The number of rotatable bonds is 4. The standard InChI is InChI=1S/C8H6F2O2.C7H5ClO/c9-8(10)12-7-3-1-2-6(4-7)5-11;8-7-4-2-1-3-6(7)5-9/h1-5,8H;1-5H. The van der Waals surface area contributed by atoms with Gasteiger partial charge in [-0.2, -0.15) is 8.78 Å². The molecular weight excluding hydrogens is 302 g/mol. The Morgan fingerprint density at radius 1 is 1.00 bits per heavy atom. The summed E-state index contributed by atoms with van der Waals surface area (Å²) in [6.45, 7) is -2.85. The van der Waals surface area contributed by atoms with E-state index in [-0.39, 0.29) is 5.75 Å². The number of hydrogen-bond acceptors (Lipinski definition) is 3. The average molecular weight is 313 g/mol. The molecule has 0 aliphatic rings. The van der Waals surface area contributed by atoms with Gasteiger partial charge in [0.25, 0.3) is 0 Å². The van der Waals surface area contributed by atoms with Gasteiger partial charge in [0.15, 0.2) is 6.29 Å². The molecule has 0 saturated heterocycles. The van der Waals surface area contributed by atoms with E-state index in [1.807, 2.05) is 0 Å². The molecule has 0 radical (unpaired) electrons. The maximum Gasteiger partial charge on any atom is 0.387 e. The van der Waals surface area contributed by atoms with Crippen LogP contribution in [0.4, 0.5) is 8.78 Å². The van der Waals surface area contributed by atoms with E-state index in [0.29, 0.717) is 22.4 Å². The third-order valence-electron chi connectivity index (χ3n) is 2.25. The van der Waals surface area contributed by atoms with Crippen molar-refractivity contribution in [3.63, 3.8) is 0 Å². The molecule has 0 atom stereocenters. The van der Waals surface area contributed by atoms with Crippen molar-refractivity contribution in [2.45, 2.75) is 6.61 Å². The summed E-state index contributed by atoms with van der Waals surface area (Å²) in [5.74, 6) is -0.00500. The van der Waals surface area contributed by atoms with Crippen LogP contribution in [-0.2, 0) is 0 Å². The topological polar surface area (TPSA) is 43.4 Å². The molecule has 0 unspecified atom stereocenters. The van der Waals surface area contributed by atoms with Gasteiger partial charge in [0.2, 0.25) is 0 Å². The number of aldehydes is 2. The first-order valence-corrected chi connectivity index (χ1v) is 6.14. The van der Waals surface area contributed by atoms with Crippen molar-refractivity contribution < 1.29 is 23.1 Å². The second-order valence-electron chi connectivity index (χ2n) is 3.71. The molecular formula is C15H11ClF2O3. The van der Waals surface area contributed by atoms with Gasteiger partial charge in [0, 0.05) is 11.1 Å². The molecule has 0 saturated carbocycles. The van der Waals surface area contributed by atoms with E-state index < -0.39 is 6.61 Å². The number of halogens is 3. The summed E-state index contributed by atoms with van der Waals surface area (Å²) in [4.78, 5) is 20.3. The molecule has 0 amide bonds. The molecule has 0 heterocycles. The van der Waals surface area contributed by atoms with Gasteiger partial charge in [-0.25, -0.2) is 0 Å². The molecule has 0 bridgehead atoms. The maximum atomic E-state index is 11.6. The number of alkyl halides is 2. The first kappa shape index (κ1) is 16.8. The zero-order valence-electron chi connectivity index (χ0n) is 10.7. The third-order valence-corrected chi connectivity index (χ3v) is 2.60. The van der Waals surface area contributed by atoms with Crippen molar-refractivity contribution in [1.29, 1.82) is 0 Å². The molecule has 2 aromatic rings. The first-order valence-electron chi connectivity index (χ1n) is 5.76. The summed E-state index contributed by atoms with van der Waals surface area (Å²) in [6.07, 6.45) is 1.31. The van der Waals surface area contributed by atoms with E-state index in [4.69, 9.17) is 11.6 Å². The largest absolute Gasteiger partial charge is 0.435 e. The van der Waals surface area contributed by atoms with E-state index in [0.717, 1.165) is 6.29 Å². The lowest BCUT2D eigenvalue weighted by Gasteiger charge is -2.03. The van der Waals surface area contributed by atoms with Crippen LogP contribution in [0.15, 0.2) is 48.5 Å². The molecule has 0 aromatic heterocycles. The average Bonchev–Trinajstić information content (AvgIpc) is 2.48. The lowest BCUT2D eigenvalue weighted by Crippen LogP contribution is -2.01. The Kier molecular flexibility index (Phi) is 7.04. The lowest BCUT2D eigenvalue weighted by molar-refractivity contribution is -0.0498. The predicted octanol–water partition coefficient (Wildman–Crippen LogP) is 4.25. The predicted molar refractivity (Wildman–Crippen MR) is 75.3 cm³/mol. The van der Waals surface area contributed by atoms with Crippen molar-refractivity contribution in [3.05, 3.63) is 64.7 Å². The van der Waals surface area contributed by atoms with Gasteiger partial charge in [0.1, 0.15) is 12.0 Å². The van der Waals surface area contributed by atoms with Gasteiger partial charge in [-0.15, -0.1) is 0 Å². The van der Waals surface area contributed by atoms with Gasteiger partial charge in [-0.1, -0.05) is 41.9 Å². The van der Waals surface area contributed by atoms with Crippen LogP contribution >= 0.6 is 11.6 Å². The quantitative estimate of drug-likeness (QED) is 0.793. The van der Waals surface area contributed by atoms with Gasteiger partial charge in [0.05, 0.1) is 5.02 Å². The molecule has 6 heteroatoms. The van der Waals surface area contributed by atoms with Crippen LogP contribution in [0.2, 0.25) is 5.02 Å². The molecule has 0 aliphatic carbocycles. The number of carbonyl (C=O) groups excluding carboxylic acids is 2. The van der Waals surface area contributed by atoms with E-state index in [1.165, 1.54) is 24.3 Å². The Labute approximate surface area is 125 Å². The zero-order chi connectivity index (χ0) is 15.7. The highest BCUT2D eigenvalue weighted by atomic mass is 35.5. The van der Waals surface area contributed by atoms with Gasteiger partial charge < -0.3 is 4.74 Å². The monoisotopic (exact) mass is 312 g/mol. The highest BCUT2D eigenvalue weighted by Gasteiger charge is 2.03. The van der Waals surface area contributed by atoms with Crippen molar-refractivity contribution in [3.8, 4) is 5.75 Å². The summed E-state index contributed by atoms with van der Waals surface area (Å²) in [6, 6.07) is 12.5. The molecule has 0 spiro atoms. The highest BCUT2D eigenvalue weighted by molar-refractivity contribution is 6.32. The Balaban J connectivity index is 0.000000219. The van der Waals surface area contributed by atoms with E-state index >= 15 is 0 Å². The zero-order valence-corrected chi connectivity index (χ0v) is 11.5. The molecule has 0 N–H and O–H groups in total. The van der Waals surface area contributed by atoms with Crippen LogP contribution in [0.1, 0.15) is 20.7 Å². The SMILES string of the molecule is O=Cc1cccc(OC(F)F)c1.O=Cc1ccccc1Cl. The Hall–Kier alpha value is -2.27. The van der Waals surface area contributed by atoms with E-state index in [1.54, 1.807) is 24.3 Å². The van der Waals surface area contributed by atoms with Crippen molar-refractivity contribution >= 4 is 24.2 Å². The minimum atomic E-state index is -2.85. The van der Waals surface area contributed by atoms with Crippen molar-refractivity contribution in [2.75, 3.05) is 0 Å². The summed E-state index contributed by atoms with van der Waals surface area (Å²) < 4.78 is 27.4. The molecule has 2 rings (SSSR count). The summed E-state index contributed by atoms with van der Waals surface area (Å²) in [5.41, 5.74) is 0.854. The van der Waals surface area contributed by atoms with Crippen LogP contribution in [0.5, 0.6) is 5.75 Å². The van der Waals surface area contributed by atoms with Gasteiger partial charge >= 0.3 is 6.61 Å². The fraction of sp³-hybridized carbons (Fsp3) is 0.0667. The Morgan fingerprint density at radius 2 is 1.71 bits per heavy atom. The fourth-order valence-corrected chi connectivity index (χ4v) is 1.51. The van der Waals surface area contributed by atoms with Gasteiger partial charge in [-0.3, -0.25) is 9.59 Å². The lowest BCUT2D eigenvalue weighted by atomic mass is 10.2. The number of carbonyl (C=O) groups is 2. The normalized spacial score (nSPS) is 9.52. The van der Waals surface area contributed by atoms with Crippen molar-refractivity contribution in [2.24, 2.45) is 0 Å². The second-order valence-corrected chi connectivity index (χ2v) is 4.12. The van der Waals surface area contributed by atoms with Gasteiger partial charge in [-0.05, 0) is 18.2 Å². The van der Waals surface area contributed by atoms with E-state index in [9.17, 15) is 18.4 Å². The van der Waals surface area contributed by atoms with Crippen LogP contribution in [0, 0.1) is 0 Å². The fourth-order valence-electron chi connectivity index (χ4n) is 1.33. The molecule has 0 fully saturated rings. The number of ether oxygens (including phenoxy) is 1. The molecule has 21 heavy (non-hydrogen) atoms. The second kappa shape index (κ2) is 8.81. The smallest absolute Gasteiger partial charge is 0.387 e. The molecule has 3 nitrogen and oxygen atoms in total. The minimum Gasteiger partial charge on any atom is -0.435 e. The van der Waals surface area contributed by atoms with Crippen molar-refractivity contribution in [1.82, 2.24) is 0 Å². The molecule has 110 valence electrons. The first-order chi connectivity index (χ1) is 10.1. The summed E-state index contributed by atoms with van der Waals surface area (Å²) in [7, 11) is 0. The van der Waals surface area contributed by atoms with Crippen LogP contribution in [0.3, 0.4) is 0 Å². The minimum absolute atomic E-state index is 0.00500. The van der Waals surface area contributed by atoms with Crippen LogP contribution in [0.25, 0.3) is 0 Å². The third kappa shape index (κ3) is 6.14. The molecule has 2 aromatic carbocycles. The number of hydrogen-bond donors (Lipinski definition) is 0.